The van der Waals surface area contributed by atoms with Gasteiger partial charge in [-0.05, 0) is 25.8 Å². The second-order valence-electron chi connectivity index (χ2n) is 5.60. The van der Waals surface area contributed by atoms with Crippen LogP contribution in [0.4, 0.5) is 5.82 Å². The van der Waals surface area contributed by atoms with Crippen LogP contribution in [0.25, 0.3) is 0 Å². The van der Waals surface area contributed by atoms with Crippen molar-refractivity contribution in [2.75, 3.05) is 18.0 Å². The topological polar surface area (TPSA) is 75.9 Å². The SMILES string of the molecule is Cc1nccnc1N1CCCC(NC(=O)c2ccn(C)n2)C1. The Labute approximate surface area is 129 Å². The zero-order valence-electron chi connectivity index (χ0n) is 12.9. The van der Waals surface area contributed by atoms with Gasteiger partial charge in [-0.2, -0.15) is 5.10 Å². The smallest absolute Gasteiger partial charge is 0.272 e. The van der Waals surface area contributed by atoms with Crippen LogP contribution < -0.4 is 10.2 Å². The molecule has 22 heavy (non-hydrogen) atoms. The molecule has 1 aliphatic heterocycles. The molecule has 0 aliphatic carbocycles. The van der Waals surface area contributed by atoms with Crippen LogP contribution >= 0.6 is 0 Å². The molecule has 1 unspecified atom stereocenters. The number of aryl methyl sites for hydroxylation is 2. The monoisotopic (exact) mass is 300 g/mol. The average molecular weight is 300 g/mol. The van der Waals surface area contributed by atoms with E-state index in [-0.39, 0.29) is 11.9 Å². The summed E-state index contributed by atoms with van der Waals surface area (Å²) >= 11 is 0. The molecule has 0 saturated carbocycles. The third-order valence-electron chi connectivity index (χ3n) is 3.86. The van der Waals surface area contributed by atoms with Crippen molar-refractivity contribution in [3.8, 4) is 0 Å². The van der Waals surface area contributed by atoms with Gasteiger partial charge in [0.1, 0.15) is 11.5 Å². The Kier molecular flexibility index (Phi) is 4.04. The lowest BCUT2D eigenvalue weighted by Crippen LogP contribution is -2.48. The first kappa shape index (κ1) is 14.5. The Balaban J connectivity index is 1.66. The minimum Gasteiger partial charge on any atom is -0.353 e. The summed E-state index contributed by atoms with van der Waals surface area (Å²) < 4.78 is 1.63. The molecule has 1 saturated heterocycles. The Morgan fingerprint density at radius 3 is 2.91 bits per heavy atom. The van der Waals surface area contributed by atoms with E-state index in [0.29, 0.717) is 5.69 Å². The number of nitrogens with one attached hydrogen (secondary N) is 1. The Hall–Kier alpha value is -2.44. The van der Waals surface area contributed by atoms with Crippen molar-refractivity contribution < 1.29 is 4.79 Å². The molecule has 2 aromatic heterocycles. The van der Waals surface area contributed by atoms with Gasteiger partial charge in [-0.15, -0.1) is 0 Å². The number of carbonyl (C=O) groups is 1. The quantitative estimate of drug-likeness (QED) is 0.912. The van der Waals surface area contributed by atoms with Crippen molar-refractivity contribution in [2.45, 2.75) is 25.8 Å². The molecule has 1 aliphatic rings. The highest BCUT2D eigenvalue weighted by Crippen LogP contribution is 2.19. The van der Waals surface area contributed by atoms with Crippen molar-refractivity contribution in [1.82, 2.24) is 25.1 Å². The number of nitrogens with zero attached hydrogens (tertiary/aromatic N) is 5. The van der Waals surface area contributed by atoms with E-state index in [1.165, 1.54) is 0 Å². The van der Waals surface area contributed by atoms with Crippen molar-refractivity contribution in [2.24, 2.45) is 7.05 Å². The van der Waals surface area contributed by atoms with E-state index in [4.69, 9.17) is 0 Å². The predicted molar refractivity (Wildman–Crippen MR) is 82.7 cm³/mol. The first-order valence-electron chi connectivity index (χ1n) is 7.46. The summed E-state index contributed by atoms with van der Waals surface area (Å²) in [5, 5.41) is 7.20. The fourth-order valence-electron chi connectivity index (χ4n) is 2.79. The lowest BCUT2D eigenvalue weighted by Gasteiger charge is -2.34. The van der Waals surface area contributed by atoms with Crippen LogP contribution in [0.15, 0.2) is 24.7 Å². The van der Waals surface area contributed by atoms with Gasteiger partial charge in [-0.1, -0.05) is 0 Å². The van der Waals surface area contributed by atoms with E-state index in [2.05, 4.69) is 25.3 Å². The van der Waals surface area contributed by atoms with Gasteiger partial charge < -0.3 is 10.2 Å². The van der Waals surface area contributed by atoms with Crippen LogP contribution in [0.2, 0.25) is 0 Å². The molecule has 1 N–H and O–H groups in total. The lowest BCUT2D eigenvalue weighted by atomic mass is 10.1. The van der Waals surface area contributed by atoms with Gasteiger partial charge in [-0.3, -0.25) is 14.5 Å². The van der Waals surface area contributed by atoms with Crippen LogP contribution in [0.1, 0.15) is 29.0 Å². The van der Waals surface area contributed by atoms with E-state index in [1.807, 2.05) is 6.92 Å². The molecule has 0 bridgehead atoms. The summed E-state index contributed by atoms with van der Waals surface area (Å²) in [6.45, 7) is 3.64. The Bertz CT molecular complexity index is 668. The molecule has 1 amide bonds. The first-order chi connectivity index (χ1) is 10.6. The zero-order valence-corrected chi connectivity index (χ0v) is 12.9. The first-order valence-corrected chi connectivity index (χ1v) is 7.46. The fraction of sp³-hybridized carbons (Fsp3) is 0.467. The summed E-state index contributed by atoms with van der Waals surface area (Å²) in [7, 11) is 1.80. The predicted octanol–water partition coefficient (Wildman–Crippen LogP) is 0.917. The molecule has 0 aromatic carbocycles. The van der Waals surface area contributed by atoms with Gasteiger partial charge >= 0.3 is 0 Å². The number of carbonyl (C=O) groups excluding carboxylic acids is 1. The number of amides is 1. The maximum atomic E-state index is 12.2. The molecule has 116 valence electrons. The highest BCUT2D eigenvalue weighted by atomic mass is 16.2. The molecule has 3 heterocycles. The van der Waals surface area contributed by atoms with Gasteiger partial charge in [0, 0.05) is 44.8 Å². The van der Waals surface area contributed by atoms with Crippen molar-refractivity contribution in [3.05, 3.63) is 36.0 Å². The highest BCUT2D eigenvalue weighted by Gasteiger charge is 2.24. The number of anilines is 1. The van der Waals surface area contributed by atoms with Crippen molar-refractivity contribution in [1.29, 1.82) is 0 Å². The van der Waals surface area contributed by atoms with E-state index in [0.717, 1.165) is 37.4 Å². The Morgan fingerprint density at radius 1 is 1.36 bits per heavy atom. The van der Waals surface area contributed by atoms with E-state index >= 15 is 0 Å². The molecule has 0 radical (unpaired) electrons. The minimum atomic E-state index is -0.122. The number of rotatable bonds is 3. The van der Waals surface area contributed by atoms with Gasteiger partial charge in [0.05, 0.1) is 5.69 Å². The third kappa shape index (κ3) is 3.08. The summed E-state index contributed by atoms with van der Waals surface area (Å²) in [5.74, 6) is 0.780. The second kappa shape index (κ2) is 6.13. The highest BCUT2D eigenvalue weighted by molar-refractivity contribution is 5.92. The normalized spacial score (nSPS) is 18.3. The fourth-order valence-corrected chi connectivity index (χ4v) is 2.79. The van der Waals surface area contributed by atoms with Crippen LogP contribution in [0.5, 0.6) is 0 Å². The number of piperidine rings is 1. The van der Waals surface area contributed by atoms with Crippen LogP contribution in [-0.4, -0.2) is 44.8 Å². The van der Waals surface area contributed by atoms with Gasteiger partial charge in [0.15, 0.2) is 0 Å². The molecule has 1 atom stereocenters. The average Bonchev–Trinajstić information content (AvgIpc) is 2.95. The lowest BCUT2D eigenvalue weighted by molar-refractivity contribution is 0.0927. The van der Waals surface area contributed by atoms with Crippen LogP contribution in [0.3, 0.4) is 0 Å². The van der Waals surface area contributed by atoms with Crippen LogP contribution in [0, 0.1) is 6.92 Å². The van der Waals surface area contributed by atoms with Gasteiger partial charge in [0.2, 0.25) is 0 Å². The largest absolute Gasteiger partial charge is 0.353 e. The second-order valence-corrected chi connectivity index (χ2v) is 5.60. The Morgan fingerprint density at radius 2 is 2.18 bits per heavy atom. The molecule has 7 heteroatoms. The van der Waals surface area contributed by atoms with E-state index < -0.39 is 0 Å². The maximum absolute atomic E-state index is 12.2. The summed E-state index contributed by atoms with van der Waals surface area (Å²) in [5.41, 5.74) is 1.37. The number of aromatic nitrogens is 4. The van der Waals surface area contributed by atoms with Gasteiger partial charge in [-0.25, -0.2) is 4.98 Å². The standard InChI is InChI=1S/C15H20N6O/c1-11-14(17-7-6-16-11)21-8-3-4-12(10-21)18-15(22)13-5-9-20(2)19-13/h5-7,9,12H,3-4,8,10H2,1-2H3,(H,18,22). The van der Waals surface area contributed by atoms with E-state index in [9.17, 15) is 4.79 Å². The molecule has 0 spiro atoms. The summed E-state index contributed by atoms with van der Waals surface area (Å²) in [4.78, 5) is 23.1. The minimum absolute atomic E-state index is 0.102. The molecule has 7 nitrogen and oxygen atoms in total. The number of hydrogen-bond acceptors (Lipinski definition) is 5. The van der Waals surface area contributed by atoms with Gasteiger partial charge in [0.25, 0.3) is 5.91 Å². The maximum Gasteiger partial charge on any atom is 0.272 e. The zero-order chi connectivity index (χ0) is 15.5. The van der Waals surface area contributed by atoms with Crippen molar-refractivity contribution >= 4 is 11.7 Å². The molecular weight excluding hydrogens is 280 g/mol. The van der Waals surface area contributed by atoms with Crippen molar-refractivity contribution in [3.63, 3.8) is 0 Å². The molecular formula is C15H20N6O. The third-order valence-corrected chi connectivity index (χ3v) is 3.86. The number of hydrogen-bond donors (Lipinski definition) is 1. The molecule has 1 fully saturated rings. The molecule has 3 rings (SSSR count). The summed E-state index contributed by atoms with van der Waals surface area (Å²) in [6, 6.07) is 1.83. The summed E-state index contributed by atoms with van der Waals surface area (Å²) in [6.07, 6.45) is 7.16. The molecule has 2 aromatic rings. The van der Waals surface area contributed by atoms with E-state index in [1.54, 1.807) is 36.4 Å². The van der Waals surface area contributed by atoms with Crippen LogP contribution in [-0.2, 0) is 7.05 Å².